The van der Waals surface area contributed by atoms with Crippen LogP contribution in [0.25, 0.3) is 22.4 Å². The monoisotopic (exact) mass is 315 g/mol. The number of benzene rings is 3. The van der Waals surface area contributed by atoms with Crippen LogP contribution in [0, 0.1) is 11.3 Å². The van der Waals surface area contributed by atoms with Crippen LogP contribution >= 0.6 is 0 Å². The Bertz CT molecular complexity index is 924. The minimum Gasteiger partial charge on any atom is -0.497 e. The van der Waals surface area contributed by atoms with E-state index < -0.39 is 0 Å². The molecule has 0 radical (unpaired) electrons. The Kier molecular flexibility index (Phi) is 4.49. The van der Waals surface area contributed by atoms with Crippen molar-refractivity contribution in [2.45, 2.75) is 0 Å². The van der Waals surface area contributed by atoms with Crippen molar-refractivity contribution in [3.63, 3.8) is 0 Å². The predicted molar refractivity (Wildman–Crippen MR) is 97.0 cm³/mol. The van der Waals surface area contributed by atoms with E-state index in [1.807, 2.05) is 42.5 Å². The van der Waals surface area contributed by atoms with E-state index in [1.54, 1.807) is 20.3 Å². The molecule has 24 heavy (non-hydrogen) atoms. The van der Waals surface area contributed by atoms with Crippen LogP contribution in [0.3, 0.4) is 0 Å². The smallest absolute Gasteiger partial charge is 0.123 e. The first kappa shape index (κ1) is 15.6. The van der Waals surface area contributed by atoms with Crippen molar-refractivity contribution in [3.8, 4) is 17.6 Å². The van der Waals surface area contributed by atoms with Crippen molar-refractivity contribution in [1.82, 2.24) is 0 Å². The number of nitrogens with zero attached hydrogens (tertiary/aromatic N) is 1. The number of hydrogen-bond donors (Lipinski definition) is 0. The van der Waals surface area contributed by atoms with Crippen molar-refractivity contribution in [2.24, 2.45) is 0 Å². The molecule has 0 N–H and O–H groups in total. The third-order valence-electron chi connectivity index (χ3n) is 3.91. The van der Waals surface area contributed by atoms with Crippen LogP contribution in [0.2, 0.25) is 0 Å². The fraction of sp³-hybridized carbons (Fsp3) is 0.0952. The minimum atomic E-state index is 0.559. The lowest BCUT2D eigenvalue weighted by atomic mass is 9.99. The number of ether oxygens (including phenoxy) is 2. The number of fused-ring (bicyclic) bond motifs is 1. The fourth-order valence-electron chi connectivity index (χ4n) is 2.67. The summed E-state index contributed by atoms with van der Waals surface area (Å²) in [5, 5.41) is 11.9. The maximum absolute atomic E-state index is 9.64. The quantitative estimate of drug-likeness (QED) is 0.507. The SMILES string of the molecule is COc1cc(OC)cc(/C(C#N)=C/c2cccc3ccccc23)c1. The molecule has 0 aliphatic rings. The standard InChI is InChI=1S/C21H17NO2/c1-23-19-11-17(12-20(13-19)24-2)18(14-22)10-16-8-5-7-15-6-3-4-9-21(15)16/h3-13H,1-2H3/b18-10+. The highest BCUT2D eigenvalue weighted by atomic mass is 16.5. The summed E-state index contributed by atoms with van der Waals surface area (Å²) in [6.07, 6.45) is 1.90. The van der Waals surface area contributed by atoms with Crippen LogP contribution in [0.5, 0.6) is 11.5 Å². The van der Waals surface area contributed by atoms with E-state index in [4.69, 9.17) is 9.47 Å². The molecule has 0 atom stereocenters. The zero-order valence-corrected chi connectivity index (χ0v) is 13.6. The third-order valence-corrected chi connectivity index (χ3v) is 3.91. The second-order valence-electron chi connectivity index (χ2n) is 5.34. The highest BCUT2D eigenvalue weighted by Gasteiger charge is 2.08. The molecule has 3 rings (SSSR count). The summed E-state index contributed by atoms with van der Waals surface area (Å²) in [5.74, 6) is 1.31. The normalized spacial score (nSPS) is 11.1. The van der Waals surface area contributed by atoms with E-state index in [2.05, 4.69) is 24.3 Å². The van der Waals surface area contributed by atoms with E-state index in [-0.39, 0.29) is 0 Å². The van der Waals surface area contributed by atoms with Crippen molar-refractivity contribution < 1.29 is 9.47 Å². The van der Waals surface area contributed by atoms with Crippen LogP contribution in [0.1, 0.15) is 11.1 Å². The first-order valence-electron chi connectivity index (χ1n) is 7.58. The highest BCUT2D eigenvalue weighted by Crippen LogP contribution is 2.29. The first-order valence-corrected chi connectivity index (χ1v) is 7.58. The molecule has 0 aliphatic carbocycles. The third kappa shape index (κ3) is 3.09. The van der Waals surface area contributed by atoms with Gasteiger partial charge in [0.25, 0.3) is 0 Å². The van der Waals surface area contributed by atoms with Crippen LogP contribution < -0.4 is 9.47 Å². The Labute approximate surface area is 141 Å². The van der Waals surface area contributed by atoms with E-state index in [0.717, 1.165) is 21.9 Å². The molecule has 0 saturated heterocycles. The van der Waals surface area contributed by atoms with Gasteiger partial charge in [-0.15, -0.1) is 0 Å². The Hall–Kier alpha value is -3.25. The van der Waals surface area contributed by atoms with Gasteiger partial charge in [0.2, 0.25) is 0 Å². The molecule has 0 fully saturated rings. The van der Waals surface area contributed by atoms with Gasteiger partial charge >= 0.3 is 0 Å². The topological polar surface area (TPSA) is 42.2 Å². The van der Waals surface area contributed by atoms with E-state index in [9.17, 15) is 5.26 Å². The van der Waals surface area contributed by atoms with E-state index in [0.29, 0.717) is 17.1 Å². The molecule has 0 heterocycles. The fourth-order valence-corrected chi connectivity index (χ4v) is 2.67. The van der Waals surface area contributed by atoms with Crippen molar-refractivity contribution in [3.05, 3.63) is 71.8 Å². The predicted octanol–water partition coefficient (Wildman–Crippen LogP) is 4.92. The number of nitriles is 1. The molecule has 3 aromatic rings. The molecule has 0 unspecified atom stereocenters. The summed E-state index contributed by atoms with van der Waals surface area (Å²) in [4.78, 5) is 0. The summed E-state index contributed by atoms with van der Waals surface area (Å²) in [7, 11) is 3.19. The molecule has 0 saturated carbocycles. The van der Waals surface area contributed by atoms with Crippen molar-refractivity contribution >= 4 is 22.4 Å². The molecule has 0 aliphatic heterocycles. The summed E-state index contributed by atoms with van der Waals surface area (Å²) in [6.45, 7) is 0. The van der Waals surface area contributed by atoms with Crippen molar-refractivity contribution in [2.75, 3.05) is 14.2 Å². The van der Waals surface area contributed by atoms with Gasteiger partial charge in [0.15, 0.2) is 0 Å². The van der Waals surface area contributed by atoms with Crippen molar-refractivity contribution in [1.29, 1.82) is 5.26 Å². The maximum atomic E-state index is 9.64. The van der Waals surface area contributed by atoms with Gasteiger partial charge in [-0.2, -0.15) is 5.26 Å². The van der Waals surface area contributed by atoms with E-state index >= 15 is 0 Å². The summed E-state index contributed by atoms with van der Waals surface area (Å²) in [6, 6.07) is 21.9. The molecule has 3 aromatic carbocycles. The Morgan fingerprint density at radius 3 is 2.25 bits per heavy atom. The second kappa shape index (κ2) is 6.89. The molecule has 0 spiro atoms. The molecular weight excluding hydrogens is 298 g/mol. The van der Waals surface area contributed by atoms with Crippen LogP contribution in [0.15, 0.2) is 60.7 Å². The molecule has 3 nitrogen and oxygen atoms in total. The molecular formula is C21H17NO2. The summed E-state index contributed by atoms with van der Waals surface area (Å²) in [5.41, 5.74) is 2.33. The Morgan fingerprint density at radius 1 is 0.917 bits per heavy atom. The van der Waals surface area contributed by atoms with Gasteiger partial charge < -0.3 is 9.47 Å². The second-order valence-corrected chi connectivity index (χ2v) is 5.34. The molecule has 0 amide bonds. The van der Waals surface area contributed by atoms with Gasteiger partial charge in [0, 0.05) is 6.07 Å². The number of methoxy groups -OCH3 is 2. The lowest BCUT2D eigenvalue weighted by molar-refractivity contribution is 0.394. The van der Waals surface area contributed by atoms with Gasteiger partial charge in [-0.25, -0.2) is 0 Å². The Morgan fingerprint density at radius 2 is 1.58 bits per heavy atom. The lowest BCUT2D eigenvalue weighted by Crippen LogP contribution is -1.91. The van der Waals surface area contributed by atoms with Crippen LogP contribution in [-0.2, 0) is 0 Å². The zero-order chi connectivity index (χ0) is 16.9. The average Bonchev–Trinajstić information content (AvgIpc) is 2.65. The Balaban J connectivity index is 2.15. The molecule has 0 bridgehead atoms. The first-order chi connectivity index (χ1) is 11.7. The maximum Gasteiger partial charge on any atom is 0.123 e. The van der Waals surface area contributed by atoms with Gasteiger partial charge in [-0.1, -0.05) is 42.5 Å². The number of rotatable bonds is 4. The van der Waals surface area contributed by atoms with Gasteiger partial charge in [-0.05, 0) is 40.1 Å². The lowest BCUT2D eigenvalue weighted by Gasteiger charge is -2.08. The zero-order valence-electron chi connectivity index (χ0n) is 13.6. The molecule has 0 aromatic heterocycles. The van der Waals surface area contributed by atoms with Gasteiger partial charge in [0.05, 0.1) is 25.9 Å². The highest BCUT2D eigenvalue weighted by molar-refractivity contribution is 5.98. The minimum absolute atomic E-state index is 0.559. The number of hydrogen-bond acceptors (Lipinski definition) is 3. The largest absolute Gasteiger partial charge is 0.497 e. The molecule has 3 heteroatoms. The average molecular weight is 315 g/mol. The number of allylic oxidation sites excluding steroid dienone is 1. The van der Waals surface area contributed by atoms with Gasteiger partial charge in [-0.3, -0.25) is 0 Å². The van der Waals surface area contributed by atoms with Gasteiger partial charge in [0.1, 0.15) is 11.5 Å². The summed E-state index contributed by atoms with van der Waals surface area (Å²) >= 11 is 0. The van der Waals surface area contributed by atoms with E-state index in [1.165, 1.54) is 0 Å². The van der Waals surface area contributed by atoms with Crippen LogP contribution in [-0.4, -0.2) is 14.2 Å². The molecule has 118 valence electrons. The summed E-state index contributed by atoms with van der Waals surface area (Å²) < 4.78 is 10.6. The van der Waals surface area contributed by atoms with Crippen LogP contribution in [0.4, 0.5) is 0 Å².